The molecule has 2 aliphatic heterocycles. The van der Waals surface area contributed by atoms with E-state index in [0.29, 0.717) is 4.91 Å². The zero-order valence-corrected chi connectivity index (χ0v) is 17.2. The minimum Gasteiger partial charge on any atom is -0.477 e. The zero-order valence-electron chi connectivity index (χ0n) is 15.6. The van der Waals surface area contributed by atoms with Crippen LogP contribution in [0.1, 0.15) is 13.8 Å². The number of β-lactam (4-membered cyclic amide) rings is 1. The first kappa shape index (κ1) is 19.1. The van der Waals surface area contributed by atoms with Crippen LogP contribution >= 0.6 is 23.1 Å². The normalized spacial score (nSPS) is 24.9. The van der Waals surface area contributed by atoms with Gasteiger partial charge in [-0.05, 0) is 13.0 Å². The smallest absolute Gasteiger partial charge is 0.353 e. The van der Waals surface area contributed by atoms with Crippen molar-refractivity contribution in [3.05, 3.63) is 40.5 Å². The Bertz CT molecular complexity index is 1000. The number of carboxylic acid groups (broad SMARTS) is 1. The number of pyridine rings is 1. The highest BCUT2D eigenvalue weighted by atomic mass is 32.2. The summed E-state index contributed by atoms with van der Waals surface area (Å²) >= 11 is 2.75. The minimum absolute atomic E-state index is 0.0206. The summed E-state index contributed by atoms with van der Waals surface area (Å²) < 4.78 is 2.67. The van der Waals surface area contributed by atoms with Gasteiger partial charge in [-0.25, -0.2) is 14.3 Å². The number of thiazole rings is 1. The average molecular weight is 419 g/mol. The maximum absolute atomic E-state index is 12.4. The van der Waals surface area contributed by atoms with Crippen molar-refractivity contribution in [3.63, 3.8) is 0 Å². The quantitative estimate of drug-likeness (QED) is 0.569. The SMILES string of the molecule is CC(O)[C@@H]1C(=O)N2C(C(=O)O)=C(Sc3nc(-c4ccc[n+](C)c4)cs3)[C@H](C)[C@@H]12. The summed E-state index contributed by atoms with van der Waals surface area (Å²) in [7, 11) is 1.94. The van der Waals surface area contributed by atoms with Crippen LogP contribution in [-0.2, 0) is 16.6 Å². The third kappa shape index (κ3) is 2.94. The van der Waals surface area contributed by atoms with E-state index in [2.05, 4.69) is 4.98 Å². The Balaban J connectivity index is 1.64. The number of carbonyl (C=O) groups excluding carboxylic acids is 1. The highest BCUT2D eigenvalue weighted by molar-refractivity contribution is 8.04. The first-order chi connectivity index (χ1) is 13.3. The molecule has 2 N–H and O–H groups in total. The van der Waals surface area contributed by atoms with E-state index in [1.807, 2.05) is 48.4 Å². The van der Waals surface area contributed by atoms with E-state index in [1.54, 1.807) is 6.92 Å². The van der Waals surface area contributed by atoms with E-state index >= 15 is 0 Å². The molecule has 0 aliphatic carbocycles. The van der Waals surface area contributed by atoms with Crippen LogP contribution in [0, 0.1) is 11.8 Å². The van der Waals surface area contributed by atoms with E-state index in [4.69, 9.17) is 0 Å². The van der Waals surface area contributed by atoms with Crippen LogP contribution in [-0.4, -0.2) is 44.1 Å². The second-order valence-electron chi connectivity index (χ2n) is 7.13. The van der Waals surface area contributed by atoms with Gasteiger partial charge in [-0.2, -0.15) is 0 Å². The van der Waals surface area contributed by atoms with Crippen LogP contribution in [0.2, 0.25) is 0 Å². The molecular weight excluding hydrogens is 398 g/mol. The summed E-state index contributed by atoms with van der Waals surface area (Å²) in [6, 6.07) is 3.61. The number of amides is 1. The number of carboxylic acids is 1. The van der Waals surface area contributed by atoms with Crippen molar-refractivity contribution in [2.75, 3.05) is 0 Å². The molecule has 4 heterocycles. The van der Waals surface area contributed by atoms with Gasteiger partial charge in [0.2, 0.25) is 5.91 Å². The molecule has 146 valence electrons. The highest BCUT2D eigenvalue weighted by Crippen LogP contribution is 2.52. The second kappa shape index (κ2) is 6.98. The number of aryl methyl sites for hydroxylation is 1. The van der Waals surface area contributed by atoms with Crippen molar-refractivity contribution in [1.29, 1.82) is 0 Å². The van der Waals surface area contributed by atoms with Crippen molar-refractivity contribution >= 4 is 35.0 Å². The van der Waals surface area contributed by atoms with Gasteiger partial charge in [0, 0.05) is 22.3 Å². The zero-order chi connectivity index (χ0) is 20.2. The van der Waals surface area contributed by atoms with Crippen LogP contribution in [0.15, 0.2) is 44.8 Å². The number of aliphatic hydroxyl groups excluding tert-OH is 1. The van der Waals surface area contributed by atoms with Crippen molar-refractivity contribution in [2.24, 2.45) is 18.9 Å². The fourth-order valence-electron chi connectivity index (χ4n) is 3.93. The summed E-state index contributed by atoms with van der Waals surface area (Å²) in [5.41, 5.74) is 1.83. The minimum atomic E-state index is -1.12. The maximum Gasteiger partial charge on any atom is 0.353 e. The molecular formula is C19H20N3O4S2+. The molecule has 2 aromatic heterocycles. The van der Waals surface area contributed by atoms with Crippen LogP contribution < -0.4 is 4.57 Å². The van der Waals surface area contributed by atoms with Gasteiger partial charge in [0.25, 0.3) is 0 Å². The molecule has 1 saturated heterocycles. The van der Waals surface area contributed by atoms with Gasteiger partial charge < -0.3 is 15.1 Å². The molecule has 2 aliphatic rings. The Kier molecular flexibility index (Phi) is 4.76. The standard InChI is InChI=1S/C19H19N3O4S2/c1-9-14-13(10(2)23)17(24)22(14)15(18(25)26)16(9)28-19-20-12(8-27-19)11-5-4-6-21(3)7-11/h4-10,13-14,23H,1-3H3/p+1/t9-,10?,13+,14+/m1/s1. The monoisotopic (exact) mass is 418 g/mol. The van der Waals surface area contributed by atoms with Crippen molar-refractivity contribution in [1.82, 2.24) is 9.88 Å². The first-order valence-corrected chi connectivity index (χ1v) is 10.6. The predicted molar refractivity (Wildman–Crippen MR) is 104 cm³/mol. The fraction of sp³-hybridized carbons (Fsp3) is 0.368. The number of fused-ring (bicyclic) bond motifs is 1. The Labute approximate surface area is 170 Å². The van der Waals surface area contributed by atoms with E-state index in [0.717, 1.165) is 15.6 Å². The largest absolute Gasteiger partial charge is 0.477 e. The Hall–Kier alpha value is -2.23. The molecule has 4 rings (SSSR count). The number of hydrogen-bond donors (Lipinski definition) is 2. The molecule has 0 saturated carbocycles. The summed E-state index contributed by atoms with van der Waals surface area (Å²) in [4.78, 5) is 30.9. The molecule has 1 unspecified atom stereocenters. The van der Waals surface area contributed by atoms with E-state index in [-0.39, 0.29) is 23.6 Å². The van der Waals surface area contributed by atoms with Crippen molar-refractivity contribution in [3.8, 4) is 11.3 Å². The number of thioether (sulfide) groups is 1. The number of aliphatic carboxylic acids is 1. The van der Waals surface area contributed by atoms with E-state index < -0.39 is 18.0 Å². The molecule has 4 atom stereocenters. The highest BCUT2D eigenvalue weighted by Gasteiger charge is 2.60. The number of hydrogen-bond acceptors (Lipinski definition) is 6. The van der Waals surface area contributed by atoms with Gasteiger partial charge in [0.1, 0.15) is 12.7 Å². The van der Waals surface area contributed by atoms with Crippen molar-refractivity contribution < 1.29 is 24.4 Å². The van der Waals surface area contributed by atoms with Crippen LogP contribution in [0.3, 0.4) is 0 Å². The van der Waals surface area contributed by atoms with Gasteiger partial charge in [-0.3, -0.25) is 4.79 Å². The summed E-state index contributed by atoms with van der Waals surface area (Å²) in [6.07, 6.45) is 3.11. The first-order valence-electron chi connectivity index (χ1n) is 8.87. The second-order valence-corrected chi connectivity index (χ2v) is 9.28. The molecule has 1 fully saturated rings. The van der Waals surface area contributed by atoms with Gasteiger partial charge in [0.05, 0.1) is 29.3 Å². The van der Waals surface area contributed by atoms with Gasteiger partial charge in [-0.1, -0.05) is 18.7 Å². The molecule has 1 amide bonds. The van der Waals surface area contributed by atoms with Gasteiger partial charge in [0.15, 0.2) is 16.7 Å². The molecule has 2 aromatic rings. The fourth-order valence-corrected chi connectivity index (χ4v) is 6.03. The van der Waals surface area contributed by atoms with Gasteiger partial charge >= 0.3 is 5.97 Å². The number of rotatable bonds is 5. The lowest BCUT2D eigenvalue weighted by Crippen LogP contribution is -2.63. The third-order valence-corrected chi connectivity index (χ3v) is 7.45. The maximum atomic E-state index is 12.4. The summed E-state index contributed by atoms with van der Waals surface area (Å²) in [6.45, 7) is 3.48. The number of aromatic nitrogens is 2. The number of nitrogens with zero attached hydrogens (tertiary/aromatic N) is 3. The molecule has 0 bridgehead atoms. The predicted octanol–water partition coefficient (Wildman–Crippen LogP) is 1.88. The molecule has 9 heteroatoms. The van der Waals surface area contributed by atoms with E-state index in [9.17, 15) is 19.8 Å². The van der Waals surface area contributed by atoms with Crippen LogP contribution in [0.4, 0.5) is 0 Å². The van der Waals surface area contributed by atoms with Gasteiger partial charge in [-0.15, -0.1) is 11.3 Å². The molecule has 28 heavy (non-hydrogen) atoms. The molecule has 0 spiro atoms. The summed E-state index contributed by atoms with van der Waals surface area (Å²) in [5, 5.41) is 21.6. The van der Waals surface area contributed by atoms with Crippen molar-refractivity contribution in [2.45, 2.75) is 30.3 Å². The third-order valence-electron chi connectivity index (χ3n) is 5.23. The Morgan fingerprint density at radius 1 is 1.46 bits per heavy atom. The number of aliphatic hydroxyl groups is 1. The lowest BCUT2D eigenvalue weighted by Gasteiger charge is -2.46. The Morgan fingerprint density at radius 3 is 2.86 bits per heavy atom. The molecule has 0 aromatic carbocycles. The topological polar surface area (TPSA) is 94.6 Å². The number of carbonyl (C=O) groups is 2. The average Bonchev–Trinajstić information content (AvgIpc) is 3.18. The van der Waals surface area contributed by atoms with E-state index in [1.165, 1.54) is 28.0 Å². The van der Waals surface area contributed by atoms with Crippen LogP contribution in [0.25, 0.3) is 11.3 Å². The lowest BCUT2D eigenvalue weighted by molar-refractivity contribution is -0.671. The molecule has 0 radical (unpaired) electrons. The lowest BCUT2D eigenvalue weighted by atomic mass is 9.79. The Morgan fingerprint density at radius 2 is 2.21 bits per heavy atom. The molecule has 7 nitrogen and oxygen atoms in total. The summed E-state index contributed by atoms with van der Waals surface area (Å²) in [5.74, 6) is -2.17. The van der Waals surface area contributed by atoms with Crippen LogP contribution in [0.5, 0.6) is 0 Å².